The number of para-hydroxylation sites is 1. The third-order valence-electron chi connectivity index (χ3n) is 5.84. The van der Waals surface area contributed by atoms with Crippen LogP contribution in [0.3, 0.4) is 0 Å². The summed E-state index contributed by atoms with van der Waals surface area (Å²) in [5, 5.41) is 10.2. The van der Waals surface area contributed by atoms with Gasteiger partial charge in [-0.1, -0.05) is 35.2 Å². The molecule has 0 spiro atoms. The molecule has 14 heteroatoms. The van der Waals surface area contributed by atoms with Crippen molar-refractivity contribution >= 4 is 44.5 Å². The lowest BCUT2D eigenvalue weighted by Gasteiger charge is -2.32. The number of anilines is 1. The number of pyridine rings is 1. The molecule has 0 saturated carbocycles. The average Bonchev–Trinajstić information content (AvgIpc) is 3.33. The SMILES string of the molecule is O=C(O)c1ccc(SCc2nc3nc(N4CCC(Oc5ccccc5C(F)(F)F)CC4)sc3c(=O)[nH]2)nc1. The summed E-state index contributed by atoms with van der Waals surface area (Å²) in [5.74, 6) is -0.524. The Balaban J connectivity index is 1.23. The predicted octanol–water partition coefficient (Wildman–Crippen LogP) is 4.83. The molecule has 4 aromatic rings. The number of hydrogen-bond acceptors (Lipinski definition) is 9. The fourth-order valence-corrected chi connectivity index (χ4v) is 5.62. The van der Waals surface area contributed by atoms with Crippen LogP contribution in [-0.4, -0.2) is 50.2 Å². The number of nitrogens with zero attached hydrogens (tertiary/aromatic N) is 4. The van der Waals surface area contributed by atoms with Crippen molar-refractivity contribution in [1.29, 1.82) is 0 Å². The first-order valence-corrected chi connectivity index (χ1v) is 13.3. The van der Waals surface area contributed by atoms with Gasteiger partial charge in [-0.2, -0.15) is 18.2 Å². The molecule has 3 aromatic heterocycles. The Morgan fingerprint density at radius 3 is 2.63 bits per heavy atom. The normalized spacial score (nSPS) is 14.7. The maximum atomic E-state index is 13.3. The summed E-state index contributed by atoms with van der Waals surface area (Å²) < 4.78 is 45.9. The predicted molar refractivity (Wildman–Crippen MR) is 136 cm³/mol. The van der Waals surface area contributed by atoms with Gasteiger partial charge in [-0.25, -0.2) is 14.8 Å². The number of carboxylic acid groups (broad SMARTS) is 1. The number of rotatable bonds is 7. The summed E-state index contributed by atoms with van der Waals surface area (Å²) in [6.07, 6.45) is -2.59. The van der Waals surface area contributed by atoms with Gasteiger partial charge in [-0.3, -0.25) is 4.79 Å². The molecular weight excluding hydrogens is 543 g/mol. The number of fused-ring (bicyclic) bond motifs is 1. The third kappa shape index (κ3) is 5.75. The zero-order chi connectivity index (χ0) is 26.9. The number of ether oxygens (including phenoxy) is 1. The van der Waals surface area contributed by atoms with Gasteiger partial charge in [0.15, 0.2) is 10.8 Å². The number of piperidine rings is 1. The molecule has 1 saturated heterocycles. The highest BCUT2D eigenvalue weighted by Gasteiger charge is 2.35. The van der Waals surface area contributed by atoms with E-state index in [2.05, 4.69) is 19.9 Å². The lowest BCUT2D eigenvalue weighted by molar-refractivity contribution is -0.139. The van der Waals surface area contributed by atoms with Crippen LogP contribution in [0.5, 0.6) is 5.75 Å². The first-order chi connectivity index (χ1) is 18.2. The first-order valence-electron chi connectivity index (χ1n) is 11.5. The maximum absolute atomic E-state index is 13.3. The van der Waals surface area contributed by atoms with Crippen LogP contribution in [0.1, 0.15) is 34.6 Å². The minimum Gasteiger partial charge on any atom is -0.490 e. The number of thiazole rings is 1. The third-order valence-corrected chi connectivity index (χ3v) is 7.90. The number of nitrogens with one attached hydrogen (secondary N) is 1. The molecule has 0 radical (unpaired) electrons. The summed E-state index contributed by atoms with van der Waals surface area (Å²) >= 11 is 2.51. The molecule has 0 atom stereocenters. The second kappa shape index (κ2) is 10.6. The van der Waals surface area contributed by atoms with Gasteiger partial charge in [0.25, 0.3) is 5.56 Å². The molecule has 38 heavy (non-hydrogen) atoms. The number of benzene rings is 1. The van der Waals surface area contributed by atoms with Crippen LogP contribution in [0, 0.1) is 0 Å². The molecule has 0 amide bonds. The molecule has 1 aliphatic rings. The Labute approximate surface area is 221 Å². The van der Waals surface area contributed by atoms with Crippen LogP contribution in [0.4, 0.5) is 18.3 Å². The van der Waals surface area contributed by atoms with E-state index in [0.29, 0.717) is 58.0 Å². The molecule has 0 bridgehead atoms. The number of aromatic nitrogens is 4. The van der Waals surface area contributed by atoms with E-state index >= 15 is 0 Å². The molecule has 198 valence electrons. The molecule has 9 nitrogen and oxygen atoms in total. The minimum absolute atomic E-state index is 0.0824. The van der Waals surface area contributed by atoms with Gasteiger partial charge < -0.3 is 19.7 Å². The number of carbonyl (C=O) groups is 1. The minimum atomic E-state index is -4.49. The Kier molecular flexibility index (Phi) is 7.25. The van der Waals surface area contributed by atoms with Crippen LogP contribution < -0.4 is 15.2 Å². The number of aromatic amines is 1. The Bertz CT molecular complexity index is 1520. The quantitative estimate of drug-likeness (QED) is 0.305. The maximum Gasteiger partial charge on any atom is 0.419 e. The van der Waals surface area contributed by atoms with Crippen molar-refractivity contribution in [1.82, 2.24) is 19.9 Å². The second-order valence-electron chi connectivity index (χ2n) is 8.44. The van der Waals surface area contributed by atoms with E-state index in [9.17, 15) is 22.8 Å². The first kappa shape index (κ1) is 26.0. The van der Waals surface area contributed by atoms with Crippen LogP contribution in [-0.2, 0) is 11.9 Å². The lowest BCUT2D eigenvalue weighted by Crippen LogP contribution is -2.38. The van der Waals surface area contributed by atoms with Crippen LogP contribution in [0.15, 0.2) is 52.4 Å². The van der Waals surface area contributed by atoms with E-state index in [4.69, 9.17) is 9.84 Å². The van der Waals surface area contributed by atoms with E-state index < -0.39 is 17.7 Å². The molecule has 0 aliphatic carbocycles. The van der Waals surface area contributed by atoms with Crippen molar-refractivity contribution in [3.63, 3.8) is 0 Å². The number of aromatic carboxylic acids is 1. The number of H-pyrrole nitrogens is 1. The zero-order valence-electron chi connectivity index (χ0n) is 19.6. The molecule has 2 N–H and O–H groups in total. The summed E-state index contributed by atoms with van der Waals surface area (Å²) in [5.41, 5.74) is -0.707. The Morgan fingerprint density at radius 2 is 1.95 bits per heavy atom. The number of thioether (sulfide) groups is 1. The van der Waals surface area contributed by atoms with E-state index in [-0.39, 0.29) is 23.0 Å². The zero-order valence-corrected chi connectivity index (χ0v) is 21.2. The van der Waals surface area contributed by atoms with Crippen molar-refractivity contribution < 1.29 is 27.8 Å². The summed E-state index contributed by atoms with van der Waals surface area (Å²) in [6.45, 7) is 1.02. The molecule has 1 fully saturated rings. The largest absolute Gasteiger partial charge is 0.490 e. The van der Waals surface area contributed by atoms with Gasteiger partial charge in [0.1, 0.15) is 22.4 Å². The summed E-state index contributed by atoms with van der Waals surface area (Å²) in [6, 6.07) is 8.23. The van der Waals surface area contributed by atoms with Crippen LogP contribution in [0.2, 0.25) is 0 Å². The van der Waals surface area contributed by atoms with Crippen LogP contribution in [0.25, 0.3) is 10.3 Å². The Morgan fingerprint density at radius 1 is 1.18 bits per heavy atom. The van der Waals surface area contributed by atoms with Crippen molar-refractivity contribution in [2.75, 3.05) is 18.0 Å². The van der Waals surface area contributed by atoms with Crippen molar-refractivity contribution in [3.05, 3.63) is 69.9 Å². The van der Waals surface area contributed by atoms with Crippen molar-refractivity contribution in [2.45, 2.75) is 35.9 Å². The van der Waals surface area contributed by atoms with Gasteiger partial charge in [0, 0.05) is 32.1 Å². The molecule has 1 aromatic carbocycles. The van der Waals surface area contributed by atoms with E-state index in [1.54, 1.807) is 6.07 Å². The number of carboxylic acids is 1. The average molecular weight is 564 g/mol. The topological polar surface area (TPSA) is 121 Å². The highest BCUT2D eigenvalue weighted by molar-refractivity contribution is 7.98. The number of hydrogen-bond donors (Lipinski definition) is 2. The smallest absolute Gasteiger partial charge is 0.419 e. The van der Waals surface area contributed by atoms with Crippen LogP contribution >= 0.6 is 23.1 Å². The second-order valence-corrected chi connectivity index (χ2v) is 10.4. The lowest BCUT2D eigenvalue weighted by atomic mass is 10.1. The summed E-state index contributed by atoms with van der Waals surface area (Å²) in [4.78, 5) is 41.4. The standard InChI is InChI=1S/C24H20F3N5O4S2/c25-24(26,27)15-3-1-2-4-16(15)36-14-7-9-32(10-8-14)23-31-20-19(38-23)21(33)30-17(29-20)12-37-18-6-5-13(11-28-18)22(34)35/h1-6,11,14H,7-10,12H2,(H,34,35)(H,29,30,33). The van der Waals surface area contributed by atoms with Gasteiger partial charge in [-0.15, -0.1) is 0 Å². The van der Waals surface area contributed by atoms with E-state index in [0.717, 1.165) is 6.07 Å². The number of halogens is 3. The van der Waals surface area contributed by atoms with Gasteiger partial charge in [0.05, 0.1) is 21.9 Å². The highest BCUT2D eigenvalue weighted by Crippen LogP contribution is 2.37. The van der Waals surface area contributed by atoms with E-state index in [1.807, 2.05) is 4.90 Å². The fraction of sp³-hybridized carbons (Fsp3) is 0.292. The fourth-order valence-electron chi connectivity index (χ4n) is 3.95. The summed E-state index contributed by atoms with van der Waals surface area (Å²) in [7, 11) is 0. The molecule has 5 rings (SSSR count). The molecule has 1 aliphatic heterocycles. The van der Waals surface area contributed by atoms with E-state index in [1.165, 1.54) is 53.6 Å². The van der Waals surface area contributed by atoms with Crippen molar-refractivity contribution in [2.24, 2.45) is 0 Å². The van der Waals surface area contributed by atoms with Gasteiger partial charge >= 0.3 is 12.1 Å². The molecule has 4 heterocycles. The number of alkyl halides is 3. The van der Waals surface area contributed by atoms with Crippen molar-refractivity contribution in [3.8, 4) is 5.75 Å². The Hall–Kier alpha value is -3.65. The molecular formula is C24H20F3N5O4S2. The molecule has 0 unspecified atom stereocenters. The monoisotopic (exact) mass is 563 g/mol. The van der Waals surface area contributed by atoms with Gasteiger partial charge in [0.2, 0.25) is 0 Å². The highest BCUT2D eigenvalue weighted by atomic mass is 32.2. The van der Waals surface area contributed by atoms with Gasteiger partial charge in [-0.05, 0) is 24.3 Å².